The Kier molecular flexibility index (Phi) is 38.2. The van der Waals surface area contributed by atoms with Crippen LogP contribution in [0.25, 0.3) is 0 Å². The third-order valence-electron chi connectivity index (χ3n) is 1.50. The molecule has 13 heavy (non-hydrogen) atoms. The summed E-state index contributed by atoms with van der Waals surface area (Å²) in [5.41, 5.74) is 0. The van der Waals surface area contributed by atoms with E-state index in [1.54, 1.807) is 13.3 Å². The molecule has 0 aliphatic rings. The second kappa shape index (κ2) is 20.1. The quantitative estimate of drug-likeness (QED) is 0.356. The molecule has 0 saturated carbocycles. The monoisotopic (exact) mass is 536 g/mol. The molecular weight excluding hydrogens is 508 g/mol. The molecule has 0 rings (SSSR count). The van der Waals surface area contributed by atoms with E-state index in [1.165, 1.54) is 0 Å². The van der Waals surface area contributed by atoms with E-state index in [2.05, 4.69) is 35.6 Å². The molecule has 0 aliphatic heterocycles. The third kappa shape index (κ3) is 31.3. The van der Waals surface area contributed by atoms with Crippen LogP contribution in [-0.2, 0) is 0 Å². The molecular formula is C9H26ClISn2. The molecule has 0 aromatic carbocycles. The van der Waals surface area contributed by atoms with E-state index in [1.807, 2.05) is 0 Å². The van der Waals surface area contributed by atoms with E-state index in [9.17, 15) is 0 Å². The van der Waals surface area contributed by atoms with E-state index in [-0.39, 0.29) is 36.4 Å². The van der Waals surface area contributed by atoms with Crippen LogP contribution in [0.1, 0.15) is 20.8 Å². The minimum absolute atomic E-state index is 0. The minimum atomic E-state index is -0.653. The first-order valence-electron chi connectivity index (χ1n) is 4.68. The Hall–Kier alpha value is 2.62. The summed E-state index contributed by atoms with van der Waals surface area (Å²) in [7, 11) is 0. The van der Waals surface area contributed by atoms with Crippen LogP contribution in [-0.4, -0.2) is 39.5 Å². The van der Waals surface area contributed by atoms with Gasteiger partial charge in [0.05, 0.1) is 0 Å². The van der Waals surface area contributed by atoms with Crippen molar-refractivity contribution in [3.8, 4) is 0 Å². The predicted octanol–water partition coefficient (Wildman–Crippen LogP) is 4.95. The van der Waals surface area contributed by atoms with E-state index in [0.29, 0.717) is 0 Å². The molecule has 0 amide bonds. The van der Waals surface area contributed by atoms with Crippen molar-refractivity contribution in [2.75, 3.05) is 0 Å². The normalized spacial score (nSPS) is 8.31. The van der Waals surface area contributed by atoms with Crippen LogP contribution in [0.15, 0.2) is 0 Å². The first-order chi connectivity index (χ1) is 5.08. The van der Waals surface area contributed by atoms with Crippen molar-refractivity contribution in [3.63, 3.8) is 0 Å². The first-order valence-corrected chi connectivity index (χ1v) is 19.3. The van der Waals surface area contributed by atoms with Crippen molar-refractivity contribution in [3.05, 3.63) is 0 Å². The summed E-state index contributed by atoms with van der Waals surface area (Å²) in [6.45, 7) is 7.05. The molecule has 4 heteroatoms. The van der Waals surface area contributed by atoms with E-state index in [0.717, 1.165) is 0 Å². The molecule has 0 fully saturated rings. The first kappa shape index (κ1) is 24.7. The van der Waals surface area contributed by atoms with Crippen LogP contribution >= 0.6 is 36.4 Å². The summed E-state index contributed by atoms with van der Waals surface area (Å²) in [4.78, 5) is 7.09. The van der Waals surface area contributed by atoms with Gasteiger partial charge in [0.15, 0.2) is 0 Å². The fourth-order valence-corrected chi connectivity index (χ4v) is 5.03. The van der Waals surface area contributed by atoms with Crippen molar-refractivity contribution in [1.29, 1.82) is 0 Å². The Labute approximate surface area is 123 Å². The predicted molar refractivity (Wildman–Crippen MR) is 83.2 cm³/mol. The second-order valence-electron chi connectivity index (χ2n) is 3.31. The molecule has 0 unspecified atom stereocenters. The molecule has 0 aromatic heterocycles. The number of hydrogen-bond donors (Lipinski definition) is 0. The third-order valence-corrected chi connectivity index (χ3v) is 10.1. The van der Waals surface area contributed by atoms with Gasteiger partial charge >= 0.3 is 88.4 Å². The molecule has 0 aromatic rings. The summed E-state index contributed by atoms with van der Waals surface area (Å²) in [5, 5.41) is 0. The van der Waals surface area contributed by atoms with Gasteiger partial charge in [-0.15, -0.1) is 36.4 Å². The van der Waals surface area contributed by atoms with Gasteiger partial charge in [0.25, 0.3) is 0 Å². The van der Waals surface area contributed by atoms with Gasteiger partial charge in [-0.05, 0) is 0 Å². The summed E-state index contributed by atoms with van der Waals surface area (Å²) in [6.07, 6.45) is 0. The fraction of sp³-hybridized carbons (Fsp3) is 1.00. The Balaban J connectivity index is -0.0000000600. The molecule has 0 N–H and O–H groups in total. The SMILES string of the molecule is C[CH2][Sn]([CH2]C)[CH2]C.Cl.I.[CH3][Sn]([CH3])[CH3]. The second-order valence-corrected chi connectivity index (χ2v) is 22.2. The zero-order chi connectivity index (χ0) is 9.28. The Morgan fingerprint density at radius 3 is 0.923 bits per heavy atom. The number of hydrogen-bond acceptors (Lipinski definition) is 0. The van der Waals surface area contributed by atoms with Gasteiger partial charge in [0.2, 0.25) is 0 Å². The molecule has 0 saturated heterocycles. The molecule has 0 heterocycles. The zero-order valence-electron chi connectivity index (χ0n) is 9.94. The zero-order valence-corrected chi connectivity index (χ0v) is 18.8. The Morgan fingerprint density at radius 2 is 0.923 bits per heavy atom. The topological polar surface area (TPSA) is 0 Å². The molecule has 0 spiro atoms. The summed E-state index contributed by atoms with van der Waals surface area (Å²) in [5.74, 6) is 0. The van der Waals surface area contributed by atoms with Crippen LogP contribution in [0.3, 0.4) is 0 Å². The molecule has 84 valence electrons. The van der Waals surface area contributed by atoms with E-state index >= 15 is 0 Å². The van der Waals surface area contributed by atoms with E-state index in [4.69, 9.17) is 0 Å². The standard InChI is InChI=1S/3C2H5.3CH3.ClH.HI.2Sn/c3*1-2;;;;;;;/h3*1H2,2H3;3*1H3;2*1H;;. The van der Waals surface area contributed by atoms with Crippen LogP contribution < -0.4 is 0 Å². The van der Waals surface area contributed by atoms with Gasteiger partial charge in [-0.1, -0.05) is 0 Å². The van der Waals surface area contributed by atoms with Gasteiger partial charge in [0.1, 0.15) is 0 Å². The average molecular weight is 534 g/mol. The summed E-state index contributed by atoms with van der Waals surface area (Å²) >= 11 is -1.20. The van der Waals surface area contributed by atoms with Crippen LogP contribution in [0.4, 0.5) is 0 Å². The van der Waals surface area contributed by atoms with Gasteiger partial charge in [-0.25, -0.2) is 0 Å². The van der Waals surface area contributed by atoms with Crippen molar-refractivity contribution >= 4 is 75.9 Å². The fourth-order valence-electron chi connectivity index (χ4n) is 0.750. The molecule has 0 bridgehead atoms. The Bertz CT molecular complexity index is 60.4. The molecule has 2 radical (unpaired) electrons. The van der Waals surface area contributed by atoms with E-state index < -0.39 is 39.5 Å². The Morgan fingerprint density at radius 1 is 0.769 bits per heavy atom. The van der Waals surface area contributed by atoms with Crippen molar-refractivity contribution in [2.45, 2.75) is 48.9 Å². The molecule has 0 atom stereocenters. The van der Waals surface area contributed by atoms with Crippen molar-refractivity contribution in [2.24, 2.45) is 0 Å². The van der Waals surface area contributed by atoms with Gasteiger partial charge < -0.3 is 0 Å². The van der Waals surface area contributed by atoms with Gasteiger partial charge in [-0.2, -0.15) is 0 Å². The number of rotatable bonds is 3. The van der Waals surface area contributed by atoms with Crippen LogP contribution in [0.2, 0.25) is 28.1 Å². The summed E-state index contributed by atoms with van der Waals surface area (Å²) < 4.78 is 4.65. The van der Waals surface area contributed by atoms with Crippen LogP contribution in [0.5, 0.6) is 0 Å². The van der Waals surface area contributed by atoms with Crippen LogP contribution in [0, 0.1) is 0 Å². The molecule has 0 aliphatic carbocycles. The van der Waals surface area contributed by atoms with Crippen molar-refractivity contribution in [1.82, 2.24) is 0 Å². The van der Waals surface area contributed by atoms with Crippen molar-refractivity contribution < 1.29 is 0 Å². The van der Waals surface area contributed by atoms with Gasteiger partial charge in [-0.3, -0.25) is 0 Å². The average Bonchev–Trinajstić information content (AvgIpc) is 1.90. The molecule has 0 nitrogen and oxygen atoms in total. The maximum atomic E-state index is 2.36. The maximum absolute atomic E-state index is 2.36. The number of halogens is 2. The summed E-state index contributed by atoms with van der Waals surface area (Å²) in [6, 6.07) is 0. The van der Waals surface area contributed by atoms with Gasteiger partial charge in [0, 0.05) is 0 Å².